The van der Waals surface area contributed by atoms with Crippen LogP contribution >= 0.6 is 0 Å². The molecule has 0 amide bonds. The summed E-state index contributed by atoms with van der Waals surface area (Å²) in [5.41, 5.74) is 2.21. The number of anilines is 2. The van der Waals surface area contributed by atoms with Gasteiger partial charge in [0.25, 0.3) is 10.0 Å². The number of nitrogens with one attached hydrogen (secondary N) is 2. The standard InChI is InChI=1S/C22H28N2O4S/c1-15(2)28-22(25)17-10-13-20(23-18-6-4-5-7-18)21(14-17)29(26,27)24-19-11-8-16(3)9-12-19/h8-15,18,23-24H,4-7H2,1-3H3. The normalized spacial score (nSPS) is 14.8. The third-order valence-corrected chi connectivity index (χ3v) is 6.29. The highest BCUT2D eigenvalue weighted by Crippen LogP contribution is 2.29. The van der Waals surface area contributed by atoms with E-state index in [0.29, 0.717) is 11.4 Å². The number of hydrogen-bond acceptors (Lipinski definition) is 5. The Morgan fingerprint density at radius 1 is 1.07 bits per heavy atom. The van der Waals surface area contributed by atoms with Crippen LogP contribution in [0, 0.1) is 6.92 Å². The molecule has 29 heavy (non-hydrogen) atoms. The second-order valence-corrected chi connectivity index (χ2v) is 9.41. The average molecular weight is 417 g/mol. The smallest absolute Gasteiger partial charge is 0.338 e. The van der Waals surface area contributed by atoms with Gasteiger partial charge in [-0.1, -0.05) is 30.5 Å². The summed E-state index contributed by atoms with van der Waals surface area (Å²) in [6.07, 6.45) is 3.97. The number of ether oxygens (including phenoxy) is 1. The van der Waals surface area contributed by atoms with Crippen LogP contribution in [0.4, 0.5) is 11.4 Å². The maximum atomic E-state index is 13.2. The van der Waals surface area contributed by atoms with Crippen molar-refractivity contribution in [3.8, 4) is 0 Å². The third-order valence-electron chi connectivity index (χ3n) is 4.87. The topological polar surface area (TPSA) is 84.5 Å². The van der Waals surface area contributed by atoms with E-state index in [0.717, 1.165) is 31.2 Å². The highest BCUT2D eigenvalue weighted by molar-refractivity contribution is 7.92. The predicted molar refractivity (Wildman–Crippen MR) is 115 cm³/mol. The first-order valence-corrected chi connectivity index (χ1v) is 11.4. The quantitative estimate of drug-likeness (QED) is 0.638. The molecule has 2 N–H and O–H groups in total. The van der Waals surface area contributed by atoms with E-state index in [-0.39, 0.29) is 22.6 Å². The maximum absolute atomic E-state index is 13.2. The van der Waals surface area contributed by atoms with Crippen molar-refractivity contribution in [2.75, 3.05) is 10.0 Å². The lowest BCUT2D eigenvalue weighted by Crippen LogP contribution is -2.21. The van der Waals surface area contributed by atoms with E-state index in [4.69, 9.17) is 4.74 Å². The van der Waals surface area contributed by atoms with Crippen LogP contribution in [0.2, 0.25) is 0 Å². The molecule has 1 aliphatic carbocycles. The summed E-state index contributed by atoms with van der Waals surface area (Å²) >= 11 is 0. The van der Waals surface area contributed by atoms with E-state index in [1.165, 1.54) is 6.07 Å². The summed E-state index contributed by atoms with van der Waals surface area (Å²) < 4.78 is 34.2. The van der Waals surface area contributed by atoms with Gasteiger partial charge in [-0.25, -0.2) is 13.2 Å². The highest BCUT2D eigenvalue weighted by Gasteiger charge is 2.24. The Balaban J connectivity index is 1.96. The van der Waals surface area contributed by atoms with Crippen LogP contribution in [0.3, 0.4) is 0 Å². The first kappa shape index (κ1) is 21.2. The van der Waals surface area contributed by atoms with Crippen molar-refractivity contribution >= 4 is 27.4 Å². The molecular formula is C22H28N2O4S. The lowest BCUT2D eigenvalue weighted by atomic mass is 10.1. The summed E-state index contributed by atoms with van der Waals surface area (Å²) in [5, 5.41) is 3.35. The molecule has 156 valence electrons. The number of sulfonamides is 1. The predicted octanol–water partition coefficient (Wildman–Crippen LogP) is 4.72. The van der Waals surface area contributed by atoms with Crippen LogP contribution < -0.4 is 10.0 Å². The molecule has 0 atom stereocenters. The van der Waals surface area contributed by atoms with Gasteiger partial charge in [-0.05, 0) is 63.9 Å². The van der Waals surface area contributed by atoms with Crippen molar-refractivity contribution in [1.82, 2.24) is 0 Å². The summed E-state index contributed by atoms with van der Waals surface area (Å²) in [6.45, 7) is 5.45. The van der Waals surface area contributed by atoms with E-state index in [2.05, 4.69) is 10.0 Å². The van der Waals surface area contributed by atoms with Crippen LogP contribution in [-0.4, -0.2) is 26.5 Å². The van der Waals surface area contributed by atoms with Crippen molar-refractivity contribution in [2.45, 2.75) is 63.5 Å². The molecule has 0 unspecified atom stereocenters. The van der Waals surface area contributed by atoms with E-state index < -0.39 is 16.0 Å². The number of hydrogen-bond donors (Lipinski definition) is 2. The Labute approximate surface area is 172 Å². The minimum absolute atomic E-state index is 0.0446. The van der Waals surface area contributed by atoms with Crippen molar-refractivity contribution < 1.29 is 17.9 Å². The van der Waals surface area contributed by atoms with E-state index in [1.54, 1.807) is 38.1 Å². The molecule has 3 rings (SSSR count). The summed E-state index contributed by atoms with van der Waals surface area (Å²) in [7, 11) is -3.90. The molecule has 0 radical (unpaired) electrons. The van der Waals surface area contributed by atoms with Crippen molar-refractivity contribution in [3.05, 3.63) is 53.6 Å². The number of carbonyl (C=O) groups excluding carboxylic acids is 1. The van der Waals surface area contributed by atoms with Gasteiger partial charge in [0, 0.05) is 11.7 Å². The molecule has 7 heteroatoms. The molecule has 1 saturated carbocycles. The molecule has 0 spiro atoms. The zero-order chi connectivity index (χ0) is 21.0. The molecule has 0 aromatic heterocycles. The van der Waals surface area contributed by atoms with E-state index in [1.807, 2.05) is 19.1 Å². The van der Waals surface area contributed by atoms with Gasteiger partial charge in [0.15, 0.2) is 0 Å². The van der Waals surface area contributed by atoms with E-state index in [9.17, 15) is 13.2 Å². The van der Waals surface area contributed by atoms with Gasteiger partial charge in [-0.3, -0.25) is 4.72 Å². The number of carbonyl (C=O) groups is 1. The van der Waals surface area contributed by atoms with Crippen molar-refractivity contribution in [1.29, 1.82) is 0 Å². The fraction of sp³-hybridized carbons (Fsp3) is 0.409. The van der Waals surface area contributed by atoms with Crippen molar-refractivity contribution in [3.63, 3.8) is 0 Å². The molecule has 0 heterocycles. The Kier molecular flexibility index (Phi) is 6.47. The molecule has 1 fully saturated rings. The van der Waals surface area contributed by atoms with Gasteiger partial charge in [0.05, 0.1) is 17.4 Å². The van der Waals surface area contributed by atoms with E-state index >= 15 is 0 Å². The zero-order valence-electron chi connectivity index (χ0n) is 17.1. The van der Waals surface area contributed by atoms with Gasteiger partial charge >= 0.3 is 5.97 Å². The van der Waals surface area contributed by atoms with Crippen LogP contribution in [0.5, 0.6) is 0 Å². The first-order valence-electron chi connectivity index (χ1n) is 9.95. The van der Waals surface area contributed by atoms with Gasteiger partial charge < -0.3 is 10.1 Å². The first-order chi connectivity index (χ1) is 13.7. The van der Waals surface area contributed by atoms with Crippen LogP contribution in [-0.2, 0) is 14.8 Å². The SMILES string of the molecule is Cc1ccc(NS(=O)(=O)c2cc(C(=O)OC(C)C)ccc2NC2CCCC2)cc1. The lowest BCUT2D eigenvalue weighted by molar-refractivity contribution is 0.0377. The van der Waals surface area contributed by atoms with Gasteiger partial charge in [0.1, 0.15) is 4.90 Å². The molecule has 6 nitrogen and oxygen atoms in total. The molecule has 2 aromatic rings. The Morgan fingerprint density at radius 2 is 1.72 bits per heavy atom. The summed E-state index contributed by atoms with van der Waals surface area (Å²) in [4.78, 5) is 12.4. The molecular weight excluding hydrogens is 388 g/mol. The van der Waals surface area contributed by atoms with Gasteiger partial charge in [0.2, 0.25) is 0 Å². The Bertz CT molecular complexity index is 963. The molecule has 1 aliphatic rings. The monoisotopic (exact) mass is 416 g/mol. The number of esters is 1. The molecule has 2 aromatic carbocycles. The zero-order valence-corrected chi connectivity index (χ0v) is 17.9. The number of benzene rings is 2. The summed E-state index contributed by atoms with van der Waals surface area (Å²) in [6, 6.07) is 12.0. The summed E-state index contributed by atoms with van der Waals surface area (Å²) in [5.74, 6) is -0.542. The maximum Gasteiger partial charge on any atom is 0.338 e. The Hall–Kier alpha value is -2.54. The van der Waals surface area contributed by atoms with Crippen LogP contribution in [0.15, 0.2) is 47.4 Å². The Morgan fingerprint density at radius 3 is 2.34 bits per heavy atom. The van der Waals surface area contributed by atoms with Crippen LogP contribution in [0.25, 0.3) is 0 Å². The number of aryl methyl sites for hydroxylation is 1. The molecule has 0 aliphatic heterocycles. The second kappa shape index (κ2) is 8.86. The highest BCUT2D eigenvalue weighted by atomic mass is 32.2. The minimum atomic E-state index is -3.90. The fourth-order valence-electron chi connectivity index (χ4n) is 3.39. The molecule has 0 saturated heterocycles. The van der Waals surface area contributed by atoms with Crippen LogP contribution in [0.1, 0.15) is 55.5 Å². The third kappa shape index (κ3) is 5.50. The second-order valence-electron chi connectivity index (χ2n) is 7.76. The minimum Gasteiger partial charge on any atom is -0.459 e. The largest absolute Gasteiger partial charge is 0.459 e. The fourth-order valence-corrected chi connectivity index (χ4v) is 4.65. The number of rotatable bonds is 7. The lowest BCUT2D eigenvalue weighted by Gasteiger charge is -2.19. The van der Waals surface area contributed by atoms with Gasteiger partial charge in [-0.15, -0.1) is 0 Å². The van der Waals surface area contributed by atoms with Gasteiger partial charge in [-0.2, -0.15) is 0 Å². The molecule has 0 bridgehead atoms. The average Bonchev–Trinajstić information content (AvgIpc) is 3.16. The van der Waals surface area contributed by atoms with Crippen molar-refractivity contribution in [2.24, 2.45) is 0 Å².